The molecule has 0 atom stereocenters. The van der Waals surface area contributed by atoms with Gasteiger partial charge in [0.25, 0.3) is 11.5 Å². The second-order valence-electron chi connectivity index (χ2n) is 4.39. The molecule has 0 saturated carbocycles. The van der Waals surface area contributed by atoms with Crippen molar-refractivity contribution in [2.45, 2.75) is 6.92 Å². The van der Waals surface area contributed by atoms with Gasteiger partial charge in [0.2, 0.25) is 0 Å². The molecule has 110 valence electrons. The van der Waals surface area contributed by atoms with Crippen LogP contribution in [-0.2, 0) is 7.05 Å². The van der Waals surface area contributed by atoms with Crippen molar-refractivity contribution in [2.75, 3.05) is 5.32 Å². The molecule has 0 spiro atoms. The summed E-state index contributed by atoms with van der Waals surface area (Å²) in [5, 5.41) is 7.34. The number of rotatable bonds is 3. The molecule has 0 aliphatic rings. The van der Waals surface area contributed by atoms with Crippen LogP contribution < -0.4 is 16.6 Å². The molecule has 2 aromatic rings. The Morgan fingerprint density at radius 1 is 1.48 bits per heavy atom. The summed E-state index contributed by atoms with van der Waals surface area (Å²) >= 11 is 8.28. The third-order valence-electron chi connectivity index (χ3n) is 2.90. The summed E-state index contributed by atoms with van der Waals surface area (Å²) in [6, 6.07) is 5.37. The molecule has 1 aromatic carbocycles. The van der Waals surface area contributed by atoms with Gasteiger partial charge in [-0.2, -0.15) is 5.10 Å². The van der Waals surface area contributed by atoms with E-state index in [0.717, 1.165) is 8.25 Å². The van der Waals surface area contributed by atoms with Gasteiger partial charge in [-0.3, -0.25) is 9.59 Å². The van der Waals surface area contributed by atoms with Gasteiger partial charge in [0.05, 0.1) is 16.4 Å². The number of aromatic nitrogens is 2. The summed E-state index contributed by atoms with van der Waals surface area (Å²) in [4.78, 5) is 23.5. The molecular formula is C13H12ClIN4O2. The molecule has 0 aliphatic heterocycles. The van der Waals surface area contributed by atoms with Crippen LogP contribution in [-0.4, -0.2) is 15.7 Å². The predicted molar refractivity (Wildman–Crippen MR) is 90.2 cm³/mol. The van der Waals surface area contributed by atoms with E-state index in [1.165, 1.54) is 7.05 Å². The number of hydrogen-bond acceptors (Lipinski definition) is 4. The van der Waals surface area contributed by atoms with E-state index in [4.69, 9.17) is 17.3 Å². The van der Waals surface area contributed by atoms with Crippen LogP contribution in [0.1, 0.15) is 16.1 Å². The van der Waals surface area contributed by atoms with Crippen LogP contribution >= 0.6 is 34.2 Å². The first kappa shape index (κ1) is 15.8. The van der Waals surface area contributed by atoms with Crippen molar-refractivity contribution in [1.82, 2.24) is 9.78 Å². The van der Waals surface area contributed by atoms with Crippen molar-refractivity contribution in [3.63, 3.8) is 0 Å². The Labute approximate surface area is 139 Å². The minimum absolute atomic E-state index is 0.00998. The fraction of sp³-hybridized carbons (Fsp3) is 0.154. The maximum atomic E-state index is 12.0. The monoisotopic (exact) mass is 418 g/mol. The number of aryl methyl sites for hydroxylation is 1. The first-order valence-electron chi connectivity index (χ1n) is 5.91. The lowest BCUT2D eigenvalue weighted by molar-refractivity contribution is 0.0994. The van der Waals surface area contributed by atoms with Crippen molar-refractivity contribution in [2.24, 2.45) is 12.8 Å². The number of hydrogen-bond donors (Lipinski definition) is 2. The number of halogens is 2. The summed E-state index contributed by atoms with van der Waals surface area (Å²) in [5.74, 6) is -0.724. The van der Waals surface area contributed by atoms with Crippen LogP contribution in [0.4, 0.5) is 11.4 Å². The molecule has 1 amide bonds. The summed E-state index contributed by atoms with van der Waals surface area (Å²) in [6.07, 6.45) is 0. The van der Waals surface area contributed by atoms with Crippen LogP contribution in [0.2, 0.25) is 5.02 Å². The highest BCUT2D eigenvalue weighted by molar-refractivity contribution is 14.1. The zero-order valence-electron chi connectivity index (χ0n) is 11.3. The molecule has 6 nitrogen and oxygen atoms in total. The summed E-state index contributed by atoms with van der Waals surface area (Å²) in [5.41, 5.74) is 6.18. The van der Waals surface area contributed by atoms with Gasteiger partial charge >= 0.3 is 0 Å². The van der Waals surface area contributed by atoms with Crippen LogP contribution in [0.5, 0.6) is 0 Å². The lowest BCUT2D eigenvalue weighted by Gasteiger charge is -2.14. The van der Waals surface area contributed by atoms with Crippen LogP contribution in [0.3, 0.4) is 0 Å². The summed E-state index contributed by atoms with van der Waals surface area (Å²) in [7, 11) is 1.46. The molecular weight excluding hydrogens is 407 g/mol. The molecule has 1 heterocycles. The first-order chi connectivity index (χ1) is 9.81. The van der Waals surface area contributed by atoms with E-state index >= 15 is 0 Å². The van der Waals surface area contributed by atoms with Crippen molar-refractivity contribution >= 4 is 51.5 Å². The number of carbonyl (C=O) groups is 1. The van der Waals surface area contributed by atoms with E-state index in [0.29, 0.717) is 16.3 Å². The molecule has 3 N–H and O–H groups in total. The Morgan fingerprint density at radius 3 is 2.71 bits per heavy atom. The van der Waals surface area contributed by atoms with Gasteiger partial charge < -0.3 is 11.1 Å². The van der Waals surface area contributed by atoms with Crippen LogP contribution in [0.15, 0.2) is 23.0 Å². The van der Waals surface area contributed by atoms with E-state index in [-0.39, 0.29) is 16.9 Å². The Hall–Kier alpha value is -1.61. The third kappa shape index (κ3) is 3.18. The Kier molecular flexibility index (Phi) is 4.52. The number of primary amides is 1. The highest BCUT2D eigenvalue weighted by Gasteiger charge is 2.18. The predicted octanol–water partition coefficient (Wildman–Crippen LogP) is 2.19. The molecule has 2 rings (SSSR count). The number of nitrogens with two attached hydrogens (primary N) is 1. The second-order valence-corrected chi connectivity index (χ2v) is 6.04. The lowest BCUT2D eigenvalue weighted by atomic mass is 10.2. The maximum Gasteiger partial charge on any atom is 0.271 e. The maximum absolute atomic E-state index is 12.0. The van der Waals surface area contributed by atoms with Crippen LogP contribution in [0, 0.1) is 10.5 Å². The second kappa shape index (κ2) is 6.02. The SMILES string of the molecule is Cc1c(Nc2ccc(I)cc2Cl)c(C(N)=O)nn(C)c1=O. The molecule has 0 bridgehead atoms. The minimum atomic E-state index is -0.724. The fourth-order valence-electron chi connectivity index (χ4n) is 1.82. The summed E-state index contributed by atoms with van der Waals surface area (Å²) in [6.45, 7) is 1.60. The van der Waals surface area contributed by atoms with Crippen molar-refractivity contribution in [1.29, 1.82) is 0 Å². The molecule has 0 fully saturated rings. The van der Waals surface area contributed by atoms with Gasteiger partial charge in [-0.05, 0) is 47.7 Å². The van der Waals surface area contributed by atoms with Gasteiger partial charge in [-0.1, -0.05) is 11.6 Å². The largest absolute Gasteiger partial charge is 0.364 e. The Balaban J connectivity index is 2.60. The van der Waals surface area contributed by atoms with E-state index in [9.17, 15) is 9.59 Å². The van der Waals surface area contributed by atoms with Gasteiger partial charge in [0, 0.05) is 16.2 Å². The van der Waals surface area contributed by atoms with Crippen LogP contribution in [0.25, 0.3) is 0 Å². The zero-order valence-corrected chi connectivity index (χ0v) is 14.2. The molecule has 8 heteroatoms. The average Bonchev–Trinajstić information content (AvgIpc) is 2.41. The molecule has 0 saturated heterocycles. The van der Waals surface area contributed by atoms with Gasteiger partial charge in [-0.25, -0.2) is 4.68 Å². The smallest absolute Gasteiger partial charge is 0.271 e. The number of nitrogens with one attached hydrogen (secondary N) is 1. The number of amides is 1. The van der Waals surface area contributed by atoms with Gasteiger partial charge in [0.1, 0.15) is 0 Å². The number of benzene rings is 1. The molecule has 0 radical (unpaired) electrons. The molecule has 21 heavy (non-hydrogen) atoms. The van der Waals surface area contributed by atoms with E-state index in [2.05, 4.69) is 33.0 Å². The van der Waals surface area contributed by atoms with E-state index in [1.807, 2.05) is 6.07 Å². The fourth-order valence-corrected chi connectivity index (χ4v) is 2.73. The summed E-state index contributed by atoms with van der Waals surface area (Å²) < 4.78 is 2.05. The lowest BCUT2D eigenvalue weighted by Crippen LogP contribution is -2.28. The minimum Gasteiger partial charge on any atom is -0.364 e. The number of nitrogens with zero attached hydrogens (tertiary/aromatic N) is 2. The molecule has 0 aliphatic carbocycles. The molecule has 1 aromatic heterocycles. The standard InChI is InChI=1S/C13H12ClIN4O2/c1-6-10(11(12(16)20)18-19(2)13(6)21)17-9-4-3-7(15)5-8(9)14/h3-5,17H,1-2H3,(H2,16,20). The third-order valence-corrected chi connectivity index (χ3v) is 3.88. The van der Waals surface area contributed by atoms with E-state index in [1.54, 1.807) is 19.1 Å². The van der Waals surface area contributed by atoms with Crippen molar-refractivity contribution in [3.8, 4) is 0 Å². The van der Waals surface area contributed by atoms with Crippen molar-refractivity contribution < 1.29 is 4.79 Å². The highest BCUT2D eigenvalue weighted by Crippen LogP contribution is 2.28. The Morgan fingerprint density at radius 2 is 2.14 bits per heavy atom. The normalized spacial score (nSPS) is 10.5. The number of carbonyl (C=O) groups excluding carboxylic acids is 1. The van der Waals surface area contributed by atoms with Crippen molar-refractivity contribution in [3.05, 3.63) is 48.4 Å². The zero-order chi connectivity index (χ0) is 15.7. The van der Waals surface area contributed by atoms with Gasteiger partial charge in [-0.15, -0.1) is 0 Å². The quantitative estimate of drug-likeness (QED) is 0.748. The Bertz CT molecular complexity index is 788. The molecule has 0 unspecified atom stereocenters. The average molecular weight is 419 g/mol. The van der Waals surface area contributed by atoms with Gasteiger partial charge in [0.15, 0.2) is 5.69 Å². The number of anilines is 2. The topological polar surface area (TPSA) is 90.0 Å². The first-order valence-corrected chi connectivity index (χ1v) is 7.36. The van der Waals surface area contributed by atoms with E-state index < -0.39 is 5.91 Å². The highest BCUT2D eigenvalue weighted by atomic mass is 127.